The standard InChI is InChI=1S/C14H21BrN2O4S/c1-11-4-5-12(10-13(11)15)16-14(18)6-7-17(8-9-21-2)22(3,19)20/h4-5,10H,6-9H2,1-3H3,(H,16,18). The lowest BCUT2D eigenvalue weighted by Crippen LogP contribution is -2.35. The minimum Gasteiger partial charge on any atom is -0.383 e. The number of methoxy groups -OCH3 is 1. The minimum absolute atomic E-state index is 0.0856. The molecule has 0 aliphatic carbocycles. The van der Waals surface area contributed by atoms with Gasteiger partial charge in [0, 0.05) is 36.8 Å². The molecule has 0 saturated heterocycles. The fourth-order valence-electron chi connectivity index (χ4n) is 1.76. The van der Waals surface area contributed by atoms with Gasteiger partial charge in [-0.2, -0.15) is 4.31 Å². The maximum atomic E-state index is 11.9. The van der Waals surface area contributed by atoms with Crippen LogP contribution >= 0.6 is 15.9 Å². The van der Waals surface area contributed by atoms with Crippen molar-refractivity contribution in [3.63, 3.8) is 0 Å². The molecule has 124 valence electrons. The Balaban J connectivity index is 2.58. The molecule has 0 unspecified atom stereocenters. The summed E-state index contributed by atoms with van der Waals surface area (Å²) in [6.07, 6.45) is 1.21. The van der Waals surface area contributed by atoms with Gasteiger partial charge >= 0.3 is 0 Å². The molecular weight excluding hydrogens is 372 g/mol. The number of benzene rings is 1. The summed E-state index contributed by atoms with van der Waals surface area (Å²) in [4.78, 5) is 11.9. The third-order valence-electron chi connectivity index (χ3n) is 3.06. The van der Waals surface area contributed by atoms with E-state index in [1.165, 1.54) is 11.4 Å². The van der Waals surface area contributed by atoms with Gasteiger partial charge in [-0.15, -0.1) is 0 Å². The fraction of sp³-hybridized carbons (Fsp3) is 0.500. The van der Waals surface area contributed by atoms with E-state index in [9.17, 15) is 13.2 Å². The quantitative estimate of drug-likeness (QED) is 0.733. The zero-order chi connectivity index (χ0) is 16.8. The molecule has 0 spiro atoms. The van der Waals surface area contributed by atoms with Crippen LogP contribution in [0.4, 0.5) is 5.69 Å². The lowest BCUT2D eigenvalue weighted by atomic mass is 10.2. The number of nitrogens with one attached hydrogen (secondary N) is 1. The first-order chi connectivity index (χ1) is 10.2. The molecule has 0 aliphatic heterocycles. The van der Waals surface area contributed by atoms with E-state index in [0.717, 1.165) is 16.3 Å². The van der Waals surface area contributed by atoms with Gasteiger partial charge in [0.15, 0.2) is 0 Å². The Kier molecular flexibility index (Phi) is 7.47. The van der Waals surface area contributed by atoms with Crippen molar-refractivity contribution in [2.45, 2.75) is 13.3 Å². The topological polar surface area (TPSA) is 75.7 Å². The summed E-state index contributed by atoms with van der Waals surface area (Å²) in [6.45, 7) is 2.61. The van der Waals surface area contributed by atoms with Gasteiger partial charge < -0.3 is 10.1 Å². The SMILES string of the molecule is COCCN(CCC(=O)Nc1ccc(C)c(Br)c1)S(C)(=O)=O. The molecule has 1 aromatic carbocycles. The van der Waals surface area contributed by atoms with Gasteiger partial charge in [-0.1, -0.05) is 22.0 Å². The number of hydrogen-bond donors (Lipinski definition) is 1. The molecular formula is C14H21BrN2O4S. The summed E-state index contributed by atoms with van der Waals surface area (Å²) in [5, 5.41) is 2.75. The lowest BCUT2D eigenvalue weighted by molar-refractivity contribution is -0.116. The number of aryl methyl sites for hydroxylation is 1. The average molecular weight is 393 g/mol. The molecule has 0 aromatic heterocycles. The van der Waals surface area contributed by atoms with Crippen LogP contribution in [0.5, 0.6) is 0 Å². The van der Waals surface area contributed by atoms with Gasteiger partial charge in [-0.3, -0.25) is 4.79 Å². The predicted molar refractivity (Wildman–Crippen MR) is 90.4 cm³/mol. The third kappa shape index (κ3) is 6.43. The van der Waals surface area contributed by atoms with Gasteiger partial charge in [-0.25, -0.2) is 8.42 Å². The molecule has 0 bridgehead atoms. The normalized spacial score (nSPS) is 11.7. The number of carbonyl (C=O) groups excluding carboxylic acids is 1. The Morgan fingerprint density at radius 1 is 1.36 bits per heavy atom. The van der Waals surface area contributed by atoms with E-state index in [4.69, 9.17) is 4.74 Å². The van der Waals surface area contributed by atoms with Crippen LogP contribution in [0.3, 0.4) is 0 Å². The van der Waals surface area contributed by atoms with E-state index >= 15 is 0 Å². The van der Waals surface area contributed by atoms with E-state index in [2.05, 4.69) is 21.2 Å². The van der Waals surface area contributed by atoms with Crippen molar-refractivity contribution in [1.29, 1.82) is 0 Å². The Labute approximate surface area is 140 Å². The third-order valence-corrected chi connectivity index (χ3v) is 5.22. The number of hydrogen-bond acceptors (Lipinski definition) is 4. The Hall–Kier alpha value is -0.960. The molecule has 0 radical (unpaired) electrons. The summed E-state index contributed by atoms with van der Waals surface area (Å²) in [5.41, 5.74) is 1.74. The summed E-state index contributed by atoms with van der Waals surface area (Å²) in [5.74, 6) is -0.234. The highest BCUT2D eigenvalue weighted by Crippen LogP contribution is 2.20. The zero-order valence-corrected chi connectivity index (χ0v) is 15.3. The van der Waals surface area contributed by atoms with E-state index in [0.29, 0.717) is 12.3 Å². The van der Waals surface area contributed by atoms with Gasteiger partial charge in [0.05, 0.1) is 12.9 Å². The van der Waals surface area contributed by atoms with Gasteiger partial charge in [0.2, 0.25) is 15.9 Å². The Morgan fingerprint density at radius 2 is 2.05 bits per heavy atom. The number of sulfonamides is 1. The second-order valence-electron chi connectivity index (χ2n) is 4.92. The van der Waals surface area contributed by atoms with E-state index in [1.54, 1.807) is 6.07 Å². The minimum atomic E-state index is -3.35. The molecule has 1 aromatic rings. The number of carbonyl (C=O) groups is 1. The number of nitrogens with zero attached hydrogens (tertiary/aromatic N) is 1. The van der Waals surface area contributed by atoms with E-state index in [1.807, 2.05) is 19.1 Å². The second kappa shape index (κ2) is 8.61. The molecule has 0 fully saturated rings. The molecule has 6 nitrogen and oxygen atoms in total. The van der Waals surface area contributed by atoms with Crippen molar-refractivity contribution in [2.24, 2.45) is 0 Å². The Morgan fingerprint density at radius 3 is 2.59 bits per heavy atom. The fourth-order valence-corrected chi connectivity index (χ4v) is 2.96. The molecule has 0 saturated carbocycles. The van der Waals surface area contributed by atoms with Crippen molar-refractivity contribution in [2.75, 3.05) is 38.4 Å². The number of rotatable bonds is 8. The second-order valence-corrected chi connectivity index (χ2v) is 7.75. The molecule has 22 heavy (non-hydrogen) atoms. The van der Waals surface area contributed by atoms with Crippen LogP contribution in [0.1, 0.15) is 12.0 Å². The molecule has 1 rings (SSSR count). The first kappa shape index (κ1) is 19.1. The van der Waals surface area contributed by atoms with Crippen LogP contribution < -0.4 is 5.32 Å². The van der Waals surface area contributed by atoms with Crippen LogP contribution in [0.2, 0.25) is 0 Å². The van der Waals surface area contributed by atoms with Gasteiger partial charge in [-0.05, 0) is 24.6 Å². The predicted octanol–water partition coefficient (Wildman–Crippen LogP) is 1.99. The highest BCUT2D eigenvalue weighted by molar-refractivity contribution is 9.10. The molecule has 0 atom stereocenters. The van der Waals surface area contributed by atoms with Crippen molar-refractivity contribution in [1.82, 2.24) is 4.31 Å². The molecule has 8 heteroatoms. The number of anilines is 1. The van der Waals surface area contributed by atoms with Crippen LogP contribution in [-0.4, -0.2) is 51.7 Å². The van der Waals surface area contributed by atoms with Crippen molar-refractivity contribution in [3.8, 4) is 0 Å². The van der Waals surface area contributed by atoms with Crippen molar-refractivity contribution < 1.29 is 17.9 Å². The largest absolute Gasteiger partial charge is 0.383 e. The first-order valence-electron chi connectivity index (χ1n) is 6.74. The maximum absolute atomic E-state index is 11.9. The number of ether oxygens (including phenoxy) is 1. The van der Waals surface area contributed by atoms with Crippen LogP contribution in [0.15, 0.2) is 22.7 Å². The number of halogens is 1. The Bertz CT molecular complexity index is 619. The van der Waals surface area contributed by atoms with Crippen LogP contribution in [0.25, 0.3) is 0 Å². The monoisotopic (exact) mass is 392 g/mol. The van der Waals surface area contributed by atoms with Crippen molar-refractivity contribution in [3.05, 3.63) is 28.2 Å². The molecule has 0 aliphatic rings. The van der Waals surface area contributed by atoms with E-state index < -0.39 is 10.0 Å². The summed E-state index contributed by atoms with van der Waals surface area (Å²) in [6, 6.07) is 5.50. The number of amides is 1. The summed E-state index contributed by atoms with van der Waals surface area (Å²) < 4.78 is 30.3. The smallest absolute Gasteiger partial charge is 0.225 e. The molecule has 1 amide bonds. The maximum Gasteiger partial charge on any atom is 0.225 e. The highest BCUT2D eigenvalue weighted by Gasteiger charge is 2.17. The summed E-state index contributed by atoms with van der Waals surface area (Å²) >= 11 is 3.40. The van der Waals surface area contributed by atoms with E-state index in [-0.39, 0.29) is 25.4 Å². The van der Waals surface area contributed by atoms with Crippen LogP contribution in [-0.2, 0) is 19.6 Å². The molecule has 1 N–H and O–H groups in total. The lowest BCUT2D eigenvalue weighted by Gasteiger charge is -2.19. The average Bonchev–Trinajstić information content (AvgIpc) is 2.41. The summed E-state index contributed by atoms with van der Waals surface area (Å²) in [7, 11) is -1.85. The van der Waals surface area contributed by atoms with Crippen molar-refractivity contribution >= 4 is 37.5 Å². The highest BCUT2D eigenvalue weighted by atomic mass is 79.9. The zero-order valence-electron chi connectivity index (χ0n) is 12.9. The first-order valence-corrected chi connectivity index (χ1v) is 9.38. The van der Waals surface area contributed by atoms with Crippen LogP contribution in [0, 0.1) is 6.92 Å². The van der Waals surface area contributed by atoms with Gasteiger partial charge in [0.1, 0.15) is 0 Å². The molecule has 0 heterocycles. The van der Waals surface area contributed by atoms with Gasteiger partial charge in [0.25, 0.3) is 0 Å².